The van der Waals surface area contributed by atoms with Crippen LogP contribution in [0.3, 0.4) is 0 Å². The predicted molar refractivity (Wildman–Crippen MR) is 103 cm³/mol. The normalized spacial score (nSPS) is 19.8. The van der Waals surface area contributed by atoms with Gasteiger partial charge in [-0.25, -0.2) is 13.6 Å². The van der Waals surface area contributed by atoms with Crippen molar-refractivity contribution in [1.82, 2.24) is 10.2 Å². The summed E-state index contributed by atoms with van der Waals surface area (Å²) in [7, 11) is 0. The largest absolute Gasteiger partial charge is 0.493 e. The number of hydrogen-bond donors (Lipinski definition) is 2. The Balaban J connectivity index is 1.58. The molecule has 4 rings (SSSR count). The SMILES string of the molecule is N#CCN1CC(c2cc3c(cc2F)OCC3)C(NC(=O)Nc2ccc(F)cc2)C1=O. The smallest absolute Gasteiger partial charge is 0.319 e. The zero-order valence-corrected chi connectivity index (χ0v) is 15.8. The first-order valence-electron chi connectivity index (χ1n) is 9.40. The number of amides is 3. The van der Waals surface area contributed by atoms with E-state index in [0.29, 0.717) is 30.0 Å². The summed E-state index contributed by atoms with van der Waals surface area (Å²) in [5.74, 6) is -1.64. The highest BCUT2D eigenvalue weighted by molar-refractivity contribution is 5.95. The number of hydrogen-bond acceptors (Lipinski definition) is 4. The van der Waals surface area contributed by atoms with E-state index < -0.39 is 35.5 Å². The fraction of sp³-hybridized carbons (Fsp3) is 0.286. The summed E-state index contributed by atoms with van der Waals surface area (Å²) >= 11 is 0. The summed E-state index contributed by atoms with van der Waals surface area (Å²) in [5, 5.41) is 14.1. The van der Waals surface area contributed by atoms with Crippen molar-refractivity contribution in [3.63, 3.8) is 0 Å². The van der Waals surface area contributed by atoms with Crippen molar-refractivity contribution in [2.75, 3.05) is 25.0 Å². The highest BCUT2D eigenvalue weighted by Gasteiger charge is 2.43. The van der Waals surface area contributed by atoms with Gasteiger partial charge in [0.15, 0.2) is 0 Å². The number of ether oxygens (including phenoxy) is 1. The maximum absolute atomic E-state index is 14.8. The topological polar surface area (TPSA) is 94.5 Å². The van der Waals surface area contributed by atoms with Gasteiger partial charge in [-0.3, -0.25) is 4.79 Å². The standard InChI is InChI=1S/C21H18F2N4O3/c22-13-1-3-14(4-2-13)25-21(29)26-19-16(11-27(7-6-24)20(19)28)15-9-12-5-8-30-18(12)10-17(15)23/h1-4,9-10,16,19H,5,7-8,11H2,(H2,25,26,29). The average Bonchev–Trinajstić information content (AvgIpc) is 3.28. The van der Waals surface area contributed by atoms with Crippen molar-refractivity contribution in [3.8, 4) is 11.8 Å². The second-order valence-corrected chi connectivity index (χ2v) is 7.15. The molecule has 2 heterocycles. The van der Waals surface area contributed by atoms with Crippen LogP contribution in [0.25, 0.3) is 0 Å². The van der Waals surface area contributed by atoms with Crippen LogP contribution in [0, 0.1) is 23.0 Å². The number of nitriles is 1. The summed E-state index contributed by atoms with van der Waals surface area (Å²) in [6.07, 6.45) is 0.633. The number of carbonyl (C=O) groups is 2. The fourth-order valence-electron chi connectivity index (χ4n) is 3.82. The maximum Gasteiger partial charge on any atom is 0.319 e. The molecule has 2 aromatic rings. The number of fused-ring (bicyclic) bond motifs is 1. The number of likely N-dealkylation sites (tertiary alicyclic amines) is 1. The van der Waals surface area contributed by atoms with E-state index in [1.165, 1.54) is 35.2 Å². The molecule has 0 aliphatic carbocycles. The van der Waals surface area contributed by atoms with Gasteiger partial charge in [0.05, 0.1) is 12.7 Å². The van der Waals surface area contributed by atoms with E-state index in [9.17, 15) is 18.4 Å². The van der Waals surface area contributed by atoms with Crippen LogP contribution in [0.2, 0.25) is 0 Å². The first-order chi connectivity index (χ1) is 14.5. The van der Waals surface area contributed by atoms with Crippen molar-refractivity contribution >= 4 is 17.6 Å². The molecule has 2 unspecified atom stereocenters. The van der Waals surface area contributed by atoms with E-state index in [1.807, 2.05) is 6.07 Å². The lowest BCUT2D eigenvalue weighted by Crippen LogP contribution is -2.45. The molecule has 30 heavy (non-hydrogen) atoms. The summed E-state index contributed by atoms with van der Waals surface area (Å²) in [6.45, 7) is 0.400. The molecule has 0 aromatic heterocycles. The molecule has 154 valence electrons. The molecule has 1 fully saturated rings. The minimum Gasteiger partial charge on any atom is -0.493 e. The quantitative estimate of drug-likeness (QED) is 0.755. The molecule has 2 atom stereocenters. The molecule has 2 aliphatic heterocycles. The second kappa shape index (κ2) is 7.99. The molecule has 0 bridgehead atoms. The minimum absolute atomic E-state index is 0.102. The number of rotatable bonds is 4. The number of carbonyl (C=O) groups excluding carboxylic acids is 2. The molecule has 3 amide bonds. The van der Waals surface area contributed by atoms with Crippen LogP contribution in [0.1, 0.15) is 17.0 Å². The Morgan fingerprint density at radius 3 is 2.77 bits per heavy atom. The van der Waals surface area contributed by atoms with E-state index in [1.54, 1.807) is 6.07 Å². The second-order valence-electron chi connectivity index (χ2n) is 7.15. The zero-order valence-electron chi connectivity index (χ0n) is 15.8. The lowest BCUT2D eigenvalue weighted by molar-refractivity contribution is -0.128. The van der Waals surface area contributed by atoms with Crippen molar-refractivity contribution in [3.05, 3.63) is 59.2 Å². The molecule has 2 aliphatic rings. The van der Waals surface area contributed by atoms with Crippen molar-refractivity contribution in [2.45, 2.75) is 18.4 Å². The third-order valence-corrected chi connectivity index (χ3v) is 5.26. The summed E-state index contributed by atoms with van der Waals surface area (Å²) in [6, 6.07) is 8.28. The molecule has 0 radical (unpaired) electrons. The van der Waals surface area contributed by atoms with Gasteiger partial charge in [0.25, 0.3) is 0 Å². The van der Waals surface area contributed by atoms with Crippen molar-refractivity contribution in [2.24, 2.45) is 0 Å². The van der Waals surface area contributed by atoms with Gasteiger partial charge in [-0.05, 0) is 41.5 Å². The van der Waals surface area contributed by atoms with Gasteiger partial charge in [0, 0.05) is 30.6 Å². The molecule has 7 nitrogen and oxygen atoms in total. The maximum atomic E-state index is 14.8. The fourth-order valence-corrected chi connectivity index (χ4v) is 3.82. The van der Waals surface area contributed by atoms with Crippen LogP contribution in [0.15, 0.2) is 36.4 Å². The number of nitrogens with one attached hydrogen (secondary N) is 2. The van der Waals surface area contributed by atoms with E-state index in [-0.39, 0.29) is 13.1 Å². The van der Waals surface area contributed by atoms with Gasteiger partial charge in [0.2, 0.25) is 5.91 Å². The van der Waals surface area contributed by atoms with Crippen LogP contribution < -0.4 is 15.4 Å². The van der Waals surface area contributed by atoms with Gasteiger partial charge in [-0.2, -0.15) is 5.26 Å². The van der Waals surface area contributed by atoms with Gasteiger partial charge in [-0.1, -0.05) is 0 Å². The number of halogens is 2. The molecule has 2 N–H and O–H groups in total. The first-order valence-corrected chi connectivity index (χ1v) is 9.40. The van der Waals surface area contributed by atoms with Crippen LogP contribution in [-0.4, -0.2) is 42.6 Å². The van der Waals surface area contributed by atoms with Gasteiger partial charge >= 0.3 is 6.03 Å². The Morgan fingerprint density at radius 2 is 2.03 bits per heavy atom. The van der Waals surface area contributed by atoms with Crippen LogP contribution in [0.4, 0.5) is 19.3 Å². The highest BCUT2D eigenvalue weighted by Crippen LogP contribution is 2.36. The Kier molecular flexibility index (Phi) is 5.23. The van der Waals surface area contributed by atoms with Gasteiger partial charge in [0.1, 0.15) is 30.0 Å². The summed E-state index contributed by atoms with van der Waals surface area (Å²) in [5.41, 5.74) is 1.47. The number of anilines is 1. The first kappa shape index (κ1) is 19.6. The Hall–Kier alpha value is -3.67. The Labute approximate surface area is 171 Å². The van der Waals surface area contributed by atoms with Gasteiger partial charge < -0.3 is 20.3 Å². The van der Waals surface area contributed by atoms with Crippen LogP contribution >= 0.6 is 0 Å². The molecule has 9 heteroatoms. The third kappa shape index (κ3) is 3.76. The Bertz CT molecular complexity index is 1040. The lowest BCUT2D eigenvalue weighted by Gasteiger charge is -2.20. The molecule has 0 saturated carbocycles. The molecule has 1 saturated heterocycles. The van der Waals surface area contributed by atoms with E-state index >= 15 is 0 Å². The molecule has 2 aromatic carbocycles. The monoisotopic (exact) mass is 412 g/mol. The minimum atomic E-state index is -1.05. The van der Waals surface area contributed by atoms with E-state index in [4.69, 9.17) is 10.00 Å². The van der Waals surface area contributed by atoms with Crippen LogP contribution in [-0.2, 0) is 11.2 Å². The van der Waals surface area contributed by atoms with E-state index in [2.05, 4.69) is 10.6 Å². The Morgan fingerprint density at radius 1 is 1.27 bits per heavy atom. The molecular weight excluding hydrogens is 394 g/mol. The number of nitrogens with zero attached hydrogens (tertiary/aromatic N) is 2. The lowest BCUT2D eigenvalue weighted by atomic mass is 9.91. The molecule has 0 spiro atoms. The van der Waals surface area contributed by atoms with Crippen LogP contribution in [0.5, 0.6) is 5.75 Å². The third-order valence-electron chi connectivity index (χ3n) is 5.26. The highest BCUT2D eigenvalue weighted by atomic mass is 19.1. The van der Waals surface area contributed by atoms with E-state index in [0.717, 1.165) is 5.56 Å². The zero-order chi connectivity index (χ0) is 21.3. The summed E-state index contributed by atoms with van der Waals surface area (Å²) in [4.78, 5) is 26.5. The summed E-state index contributed by atoms with van der Waals surface area (Å²) < 4.78 is 33.2. The number of benzene rings is 2. The number of urea groups is 1. The van der Waals surface area contributed by atoms with Gasteiger partial charge in [-0.15, -0.1) is 0 Å². The molecular formula is C21H18F2N4O3. The van der Waals surface area contributed by atoms with Crippen molar-refractivity contribution < 1.29 is 23.1 Å². The predicted octanol–water partition coefficient (Wildman–Crippen LogP) is 2.54. The van der Waals surface area contributed by atoms with Crippen molar-refractivity contribution in [1.29, 1.82) is 5.26 Å². The average molecular weight is 412 g/mol.